The van der Waals surface area contributed by atoms with Crippen molar-refractivity contribution in [2.75, 3.05) is 19.5 Å². The lowest BCUT2D eigenvalue weighted by Crippen LogP contribution is -2.15. The van der Waals surface area contributed by atoms with Gasteiger partial charge in [-0.05, 0) is 48.9 Å². The number of carbonyl (C=O) groups is 2. The molecule has 0 saturated heterocycles. The number of nitrogens with two attached hydrogens (primary N) is 1. The summed E-state index contributed by atoms with van der Waals surface area (Å²) in [5.41, 5.74) is 6.62. The fourth-order valence-corrected chi connectivity index (χ4v) is 2.92. The van der Waals surface area contributed by atoms with Gasteiger partial charge in [0.1, 0.15) is 17.3 Å². The summed E-state index contributed by atoms with van der Waals surface area (Å²) >= 11 is 0. The summed E-state index contributed by atoms with van der Waals surface area (Å²) in [5, 5.41) is 2.71. The Balaban J connectivity index is 2.01. The lowest BCUT2D eigenvalue weighted by molar-refractivity contribution is 0.0995. The van der Waals surface area contributed by atoms with Crippen molar-refractivity contribution in [2.45, 2.75) is 6.92 Å². The lowest BCUT2D eigenvalue weighted by atomic mass is 10.1. The van der Waals surface area contributed by atoms with E-state index >= 15 is 0 Å². The smallest absolute Gasteiger partial charge is 0.259 e. The lowest BCUT2D eigenvalue weighted by Gasteiger charge is -2.16. The monoisotopic (exact) mass is 424 g/mol. The molecule has 0 fully saturated rings. The van der Waals surface area contributed by atoms with Crippen LogP contribution in [0.5, 0.6) is 23.0 Å². The van der Waals surface area contributed by atoms with E-state index in [1.165, 1.54) is 50.6 Å². The minimum atomic E-state index is -0.613. The standard InChI is InChI=1S/C23H21FN2O5/c1-13-9-15(24)7-8-18(13)31-19-12-21(30-3)20(29-2)11-17(19)23(28)26-16-6-4-5-14(10-16)22(25)27/h4-12H,1-3H3,(H2,25,27)(H,26,28). The second-order valence-corrected chi connectivity index (χ2v) is 6.61. The van der Waals surface area contributed by atoms with Gasteiger partial charge >= 0.3 is 0 Å². The molecule has 0 saturated carbocycles. The summed E-state index contributed by atoms with van der Waals surface area (Å²) in [4.78, 5) is 24.5. The van der Waals surface area contributed by atoms with Crippen LogP contribution in [0.3, 0.4) is 0 Å². The fraction of sp³-hybridized carbons (Fsp3) is 0.130. The molecular formula is C23H21FN2O5. The highest BCUT2D eigenvalue weighted by atomic mass is 19.1. The molecule has 160 valence electrons. The number of ether oxygens (including phenoxy) is 3. The molecule has 0 aliphatic rings. The van der Waals surface area contributed by atoms with Crippen molar-refractivity contribution in [3.05, 3.63) is 77.1 Å². The Morgan fingerprint density at radius 3 is 2.26 bits per heavy atom. The summed E-state index contributed by atoms with van der Waals surface area (Å²) in [7, 11) is 2.90. The van der Waals surface area contributed by atoms with Crippen LogP contribution < -0.4 is 25.3 Å². The number of nitrogens with one attached hydrogen (secondary N) is 1. The summed E-state index contributed by atoms with van der Waals surface area (Å²) in [6.45, 7) is 1.69. The zero-order chi connectivity index (χ0) is 22.5. The van der Waals surface area contributed by atoms with Gasteiger partial charge < -0.3 is 25.3 Å². The SMILES string of the molecule is COc1cc(Oc2ccc(F)cc2C)c(C(=O)Nc2cccc(C(N)=O)c2)cc1OC. The van der Waals surface area contributed by atoms with Gasteiger partial charge in [0.05, 0.1) is 19.8 Å². The van der Waals surface area contributed by atoms with Crippen molar-refractivity contribution in [3.8, 4) is 23.0 Å². The van der Waals surface area contributed by atoms with Crippen molar-refractivity contribution in [3.63, 3.8) is 0 Å². The van der Waals surface area contributed by atoms with Gasteiger partial charge in [0.25, 0.3) is 5.91 Å². The number of amides is 2. The van der Waals surface area contributed by atoms with Gasteiger partial charge in [0.15, 0.2) is 11.5 Å². The number of methoxy groups -OCH3 is 2. The molecule has 0 bridgehead atoms. The van der Waals surface area contributed by atoms with E-state index in [9.17, 15) is 14.0 Å². The first kappa shape index (κ1) is 21.6. The third kappa shape index (κ3) is 4.92. The van der Waals surface area contributed by atoms with Crippen LogP contribution in [-0.4, -0.2) is 26.0 Å². The van der Waals surface area contributed by atoms with E-state index in [1.807, 2.05) is 0 Å². The molecule has 0 unspecified atom stereocenters. The van der Waals surface area contributed by atoms with Crippen LogP contribution in [0.25, 0.3) is 0 Å². The third-order valence-corrected chi connectivity index (χ3v) is 4.49. The van der Waals surface area contributed by atoms with Crippen LogP contribution in [0, 0.1) is 12.7 Å². The van der Waals surface area contributed by atoms with Crippen molar-refractivity contribution in [1.29, 1.82) is 0 Å². The van der Waals surface area contributed by atoms with Crippen LogP contribution in [-0.2, 0) is 0 Å². The average molecular weight is 424 g/mol. The second-order valence-electron chi connectivity index (χ2n) is 6.61. The maximum atomic E-state index is 13.5. The quantitative estimate of drug-likeness (QED) is 0.589. The highest BCUT2D eigenvalue weighted by Crippen LogP contribution is 2.38. The normalized spacial score (nSPS) is 10.3. The van der Waals surface area contributed by atoms with Gasteiger partial charge in [0, 0.05) is 23.4 Å². The predicted molar refractivity (Wildman–Crippen MR) is 114 cm³/mol. The summed E-state index contributed by atoms with van der Waals surface area (Å²) in [6, 6.07) is 13.3. The molecule has 0 aromatic heterocycles. The van der Waals surface area contributed by atoms with Crippen molar-refractivity contribution >= 4 is 17.5 Å². The molecule has 31 heavy (non-hydrogen) atoms. The van der Waals surface area contributed by atoms with Crippen LogP contribution >= 0.6 is 0 Å². The first-order chi connectivity index (χ1) is 14.8. The van der Waals surface area contributed by atoms with Crippen LogP contribution in [0.4, 0.5) is 10.1 Å². The third-order valence-electron chi connectivity index (χ3n) is 4.49. The Morgan fingerprint density at radius 2 is 1.61 bits per heavy atom. The zero-order valence-corrected chi connectivity index (χ0v) is 17.2. The number of halogens is 1. The van der Waals surface area contributed by atoms with Gasteiger partial charge in [-0.15, -0.1) is 0 Å². The maximum absolute atomic E-state index is 13.5. The largest absolute Gasteiger partial charge is 0.493 e. The van der Waals surface area contributed by atoms with Crippen molar-refractivity contribution < 1.29 is 28.2 Å². The van der Waals surface area contributed by atoms with Crippen molar-refractivity contribution in [2.24, 2.45) is 5.73 Å². The number of benzene rings is 3. The number of aryl methyl sites for hydroxylation is 1. The molecule has 3 aromatic carbocycles. The molecule has 0 heterocycles. The second kappa shape index (κ2) is 9.17. The van der Waals surface area contributed by atoms with E-state index in [4.69, 9.17) is 19.9 Å². The van der Waals surface area contributed by atoms with Crippen LogP contribution in [0.1, 0.15) is 26.3 Å². The highest BCUT2D eigenvalue weighted by molar-refractivity contribution is 6.07. The van der Waals surface area contributed by atoms with Gasteiger partial charge in [-0.3, -0.25) is 9.59 Å². The molecule has 0 aliphatic heterocycles. The fourth-order valence-electron chi connectivity index (χ4n) is 2.92. The predicted octanol–water partition coefficient (Wildman–Crippen LogP) is 4.29. The van der Waals surface area contributed by atoms with E-state index in [0.717, 1.165) is 0 Å². The minimum Gasteiger partial charge on any atom is -0.493 e. The highest BCUT2D eigenvalue weighted by Gasteiger charge is 2.20. The molecule has 0 radical (unpaired) electrons. The Kier molecular flexibility index (Phi) is 6.40. The Hall–Kier alpha value is -4.07. The van der Waals surface area contributed by atoms with E-state index < -0.39 is 17.6 Å². The molecule has 3 rings (SSSR count). The van der Waals surface area contributed by atoms with Gasteiger partial charge in [0.2, 0.25) is 5.91 Å². The van der Waals surface area contributed by atoms with E-state index in [-0.39, 0.29) is 16.9 Å². The number of carbonyl (C=O) groups excluding carboxylic acids is 2. The molecule has 0 aliphatic carbocycles. The minimum absolute atomic E-state index is 0.144. The van der Waals surface area contributed by atoms with Gasteiger partial charge in [-0.1, -0.05) is 6.07 Å². The number of anilines is 1. The first-order valence-corrected chi connectivity index (χ1v) is 9.23. The average Bonchev–Trinajstić information content (AvgIpc) is 2.75. The molecular weight excluding hydrogens is 403 g/mol. The molecule has 3 N–H and O–H groups in total. The molecule has 2 amide bonds. The molecule has 3 aromatic rings. The number of rotatable bonds is 7. The maximum Gasteiger partial charge on any atom is 0.259 e. The summed E-state index contributed by atoms with van der Waals surface area (Å²) in [6.07, 6.45) is 0. The Bertz CT molecular complexity index is 1150. The zero-order valence-electron chi connectivity index (χ0n) is 17.2. The number of hydrogen-bond acceptors (Lipinski definition) is 5. The Morgan fingerprint density at radius 1 is 0.903 bits per heavy atom. The van der Waals surface area contributed by atoms with Crippen LogP contribution in [0.15, 0.2) is 54.6 Å². The van der Waals surface area contributed by atoms with E-state index in [0.29, 0.717) is 28.5 Å². The van der Waals surface area contributed by atoms with Gasteiger partial charge in [-0.25, -0.2) is 4.39 Å². The van der Waals surface area contributed by atoms with Crippen molar-refractivity contribution in [1.82, 2.24) is 0 Å². The molecule has 0 spiro atoms. The van der Waals surface area contributed by atoms with Gasteiger partial charge in [-0.2, -0.15) is 0 Å². The molecule has 8 heteroatoms. The topological polar surface area (TPSA) is 99.9 Å². The molecule has 7 nitrogen and oxygen atoms in total. The first-order valence-electron chi connectivity index (χ1n) is 9.23. The Labute approximate surface area is 178 Å². The van der Waals surface area contributed by atoms with E-state index in [2.05, 4.69) is 5.32 Å². The molecule has 0 atom stereocenters. The number of primary amides is 1. The van der Waals surface area contributed by atoms with E-state index in [1.54, 1.807) is 25.1 Å². The summed E-state index contributed by atoms with van der Waals surface area (Å²) in [5.74, 6) is -0.305. The summed E-state index contributed by atoms with van der Waals surface area (Å²) < 4.78 is 30.0. The van der Waals surface area contributed by atoms with Crippen LogP contribution in [0.2, 0.25) is 0 Å². The number of hydrogen-bond donors (Lipinski definition) is 2.